The van der Waals surface area contributed by atoms with Crippen LogP contribution in [0, 0.1) is 5.41 Å². The van der Waals surface area contributed by atoms with Gasteiger partial charge in [0.1, 0.15) is 0 Å². The Labute approximate surface area is 121 Å². The van der Waals surface area contributed by atoms with Gasteiger partial charge in [0, 0.05) is 24.3 Å². The van der Waals surface area contributed by atoms with Crippen LogP contribution in [0.1, 0.15) is 40.0 Å². The lowest BCUT2D eigenvalue weighted by Crippen LogP contribution is -2.58. The molecule has 0 aromatic carbocycles. The van der Waals surface area contributed by atoms with E-state index in [9.17, 15) is 0 Å². The molecule has 2 rings (SSSR count). The number of nitrogens with one attached hydrogen (secondary N) is 1. The van der Waals surface area contributed by atoms with Gasteiger partial charge in [-0.15, -0.1) is 0 Å². The minimum Gasteiger partial charge on any atom is -0.394 e. The van der Waals surface area contributed by atoms with Gasteiger partial charge in [-0.2, -0.15) is 5.10 Å². The molecule has 1 aliphatic carbocycles. The molecule has 0 radical (unpaired) electrons. The molecule has 2 unspecified atom stereocenters. The van der Waals surface area contributed by atoms with Crippen LogP contribution in [0.2, 0.25) is 0 Å². The lowest BCUT2D eigenvalue weighted by molar-refractivity contribution is -0.102. The van der Waals surface area contributed by atoms with Crippen LogP contribution >= 0.6 is 0 Å². The van der Waals surface area contributed by atoms with E-state index in [1.165, 1.54) is 6.42 Å². The van der Waals surface area contributed by atoms with E-state index >= 15 is 0 Å². The van der Waals surface area contributed by atoms with Crippen LogP contribution in [0.3, 0.4) is 0 Å². The molecule has 114 valence electrons. The van der Waals surface area contributed by atoms with Gasteiger partial charge in [0.2, 0.25) is 0 Å². The number of nitrogens with zero attached hydrogens (tertiary/aromatic N) is 2. The molecular weight excluding hydrogens is 254 g/mol. The third kappa shape index (κ3) is 3.33. The van der Waals surface area contributed by atoms with Crippen molar-refractivity contribution in [3.63, 3.8) is 0 Å². The molecule has 0 aliphatic heterocycles. The third-order valence-electron chi connectivity index (χ3n) is 4.30. The molecule has 0 amide bonds. The van der Waals surface area contributed by atoms with E-state index in [0.29, 0.717) is 18.7 Å². The molecule has 1 heterocycles. The summed E-state index contributed by atoms with van der Waals surface area (Å²) in [6, 6.07) is 0.418. The van der Waals surface area contributed by atoms with Gasteiger partial charge in [0.25, 0.3) is 0 Å². The predicted molar refractivity (Wildman–Crippen MR) is 79.8 cm³/mol. The van der Waals surface area contributed by atoms with Gasteiger partial charge in [-0.1, -0.05) is 27.2 Å². The Morgan fingerprint density at radius 3 is 3.00 bits per heavy atom. The Kier molecular flexibility index (Phi) is 5.05. The molecule has 0 bridgehead atoms. The fraction of sp³-hybridized carbons (Fsp3) is 0.800. The smallest absolute Gasteiger partial charge is 0.0728 e. The van der Waals surface area contributed by atoms with Crippen molar-refractivity contribution in [1.82, 2.24) is 9.78 Å². The molecule has 1 aromatic heterocycles. The Morgan fingerprint density at radius 1 is 1.55 bits per heavy atom. The highest BCUT2D eigenvalue weighted by molar-refractivity contribution is 5.41. The van der Waals surface area contributed by atoms with Crippen LogP contribution in [0.5, 0.6) is 0 Å². The first-order valence-electron chi connectivity index (χ1n) is 7.59. The van der Waals surface area contributed by atoms with E-state index < -0.39 is 0 Å². The van der Waals surface area contributed by atoms with E-state index in [4.69, 9.17) is 9.84 Å². The van der Waals surface area contributed by atoms with E-state index in [-0.39, 0.29) is 12.0 Å². The summed E-state index contributed by atoms with van der Waals surface area (Å²) in [5.41, 5.74) is 1.16. The number of anilines is 1. The van der Waals surface area contributed by atoms with Crippen molar-refractivity contribution in [2.75, 3.05) is 18.5 Å². The lowest BCUT2D eigenvalue weighted by Gasteiger charge is -2.52. The van der Waals surface area contributed by atoms with E-state index in [1.807, 2.05) is 12.4 Å². The highest BCUT2D eigenvalue weighted by Crippen LogP contribution is 2.44. The summed E-state index contributed by atoms with van der Waals surface area (Å²) in [6.07, 6.45) is 7.47. The van der Waals surface area contributed by atoms with Gasteiger partial charge < -0.3 is 15.2 Å². The second-order valence-corrected chi connectivity index (χ2v) is 6.18. The Bertz CT molecular complexity index is 417. The third-order valence-corrected chi connectivity index (χ3v) is 4.30. The van der Waals surface area contributed by atoms with Gasteiger partial charge in [0.15, 0.2) is 0 Å². The van der Waals surface area contributed by atoms with Gasteiger partial charge in [-0.3, -0.25) is 4.68 Å². The number of hydrogen-bond acceptors (Lipinski definition) is 4. The van der Waals surface area contributed by atoms with Gasteiger partial charge in [-0.25, -0.2) is 0 Å². The minimum absolute atomic E-state index is 0.114. The van der Waals surface area contributed by atoms with Crippen molar-refractivity contribution in [1.29, 1.82) is 0 Å². The molecule has 1 aromatic rings. The number of hydrogen-bond donors (Lipinski definition) is 2. The van der Waals surface area contributed by atoms with Crippen LogP contribution in [0.25, 0.3) is 0 Å². The second-order valence-electron chi connectivity index (χ2n) is 6.18. The number of aliphatic hydroxyl groups is 1. The van der Waals surface area contributed by atoms with Crippen molar-refractivity contribution in [3.05, 3.63) is 12.4 Å². The van der Waals surface area contributed by atoms with Crippen LogP contribution in [-0.4, -0.2) is 40.2 Å². The maximum absolute atomic E-state index is 8.89. The van der Waals surface area contributed by atoms with Crippen LogP contribution in [0.15, 0.2) is 12.4 Å². The van der Waals surface area contributed by atoms with E-state index in [1.54, 1.807) is 4.68 Å². The summed E-state index contributed by atoms with van der Waals surface area (Å²) in [6.45, 7) is 8.21. The lowest BCUT2D eigenvalue weighted by atomic mass is 9.64. The molecular formula is C15H27N3O2. The summed E-state index contributed by atoms with van der Waals surface area (Å²) >= 11 is 0. The number of rotatable bonds is 8. The molecule has 2 N–H and O–H groups in total. The molecule has 5 nitrogen and oxygen atoms in total. The number of aromatic nitrogens is 2. The molecule has 5 heteroatoms. The first-order chi connectivity index (χ1) is 9.57. The maximum atomic E-state index is 8.89. The highest BCUT2D eigenvalue weighted by atomic mass is 16.5. The average molecular weight is 281 g/mol. The zero-order valence-electron chi connectivity index (χ0n) is 12.8. The second kappa shape index (κ2) is 6.59. The standard InChI is InChI=1S/C15H27N3O2/c1-4-5-8-20-14-9-13(15(14,2)3)17-12-10-16-18(11-12)6-7-19/h10-11,13-14,17,19H,4-9H2,1-3H3. The van der Waals surface area contributed by atoms with E-state index in [0.717, 1.165) is 25.1 Å². The monoisotopic (exact) mass is 281 g/mol. The number of unbranched alkanes of at least 4 members (excludes halogenated alkanes) is 1. The molecule has 0 saturated heterocycles. The van der Waals surface area contributed by atoms with Crippen LogP contribution in [0.4, 0.5) is 5.69 Å². The van der Waals surface area contributed by atoms with E-state index in [2.05, 4.69) is 31.2 Å². The first-order valence-corrected chi connectivity index (χ1v) is 7.59. The largest absolute Gasteiger partial charge is 0.394 e. The van der Waals surface area contributed by atoms with Crippen molar-refractivity contribution in [3.8, 4) is 0 Å². The Balaban J connectivity index is 1.82. The minimum atomic E-state index is 0.114. The van der Waals surface area contributed by atoms with Crippen molar-refractivity contribution in [2.45, 2.75) is 58.7 Å². The molecule has 1 saturated carbocycles. The van der Waals surface area contributed by atoms with Crippen molar-refractivity contribution >= 4 is 5.69 Å². The first kappa shape index (κ1) is 15.3. The zero-order chi connectivity index (χ0) is 14.6. The Hall–Kier alpha value is -1.07. The van der Waals surface area contributed by atoms with Gasteiger partial charge in [0.05, 0.1) is 31.1 Å². The molecule has 0 spiro atoms. The molecule has 2 atom stereocenters. The molecule has 1 aliphatic rings. The molecule has 20 heavy (non-hydrogen) atoms. The highest BCUT2D eigenvalue weighted by Gasteiger charge is 2.49. The predicted octanol–water partition coefficient (Wildman–Crippen LogP) is 2.27. The fourth-order valence-corrected chi connectivity index (χ4v) is 2.65. The topological polar surface area (TPSA) is 59.3 Å². The normalized spacial score (nSPS) is 24.4. The fourth-order valence-electron chi connectivity index (χ4n) is 2.65. The zero-order valence-corrected chi connectivity index (χ0v) is 12.8. The Morgan fingerprint density at radius 2 is 2.35 bits per heavy atom. The summed E-state index contributed by atoms with van der Waals surface area (Å²) in [7, 11) is 0. The average Bonchev–Trinajstić information content (AvgIpc) is 2.85. The van der Waals surface area contributed by atoms with Crippen LogP contribution < -0.4 is 5.32 Å². The number of aliphatic hydroxyl groups excluding tert-OH is 1. The molecule has 1 fully saturated rings. The summed E-state index contributed by atoms with van der Waals surface area (Å²) in [4.78, 5) is 0. The summed E-state index contributed by atoms with van der Waals surface area (Å²) < 4.78 is 7.70. The van der Waals surface area contributed by atoms with Crippen LogP contribution in [-0.2, 0) is 11.3 Å². The maximum Gasteiger partial charge on any atom is 0.0728 e. The van der Waals surface area contributed by atoms with Gasteiger partial charge >= 0.3 is 0 Å². The number of ether oxygens (including phenoxy) is 1. The van der Waals surface area contributed by atoms with Crippen molar-refractivity contribution in [2.24, 2.45) is 5.41 Å². The quantitative estimate of drug-likeness (QED) is 0.718. The van der Waals surface area contributed by atoms with Crippen molar-refractivity contribution < 1.29 is 9.84 Å². The summed E-state index contributed by atoms with van der Waals surface area (Å²) in [5, 5.41) is 16.6. The SMILES string of the molecule is CCCCOC1CC(Nc2cnn(CCO)c2)C1(C)C. The summed E-state index contributed by atoms with van der Waals surface area (Å²) in [5.74, 6) is 0. The van der Waals surface area contributed by atoms with Gasteiger partial charge in [-0.05, 0) is 12.8 Å².